The first-order valence-electron chi connectivity index (χ1n) is 9.45. The molecule has 0 amide bonds. The quantitative estimate of drug-likeness (QED) is 0.764. The van der Waals surface area contributed by atoms with Crippen molar-refractivity contribution < 1.29 is 0 Å². The van der Waals surface area contributed by atoms with Gasteiger partial charge in [-0.25, -0.2) is 0 Å². The fourth-order valence-corrected chi connectivity index (χ4v) is 4.64. The van der Waals surface area contributed by atoms with Crippen LogP contribution in [0.4, 0.5) is 0 Å². The molecule has 3 aliphatic rings. The van der Waals surface area contributed by atoms with E-state index in [-0.39, 0.29) is 0 Å². The van der Waals surface area contributed by atoms with Crippen molar-refractivity contribution in [2.24, 2.45) is 0 Å². The lowest BCUT2D eigenvalue weighted by Crippen LogP contribution is -2.41. The van der Waals surface area contributed by atoms with E-state index < -0.39 is 0 Å². The van der Waals surface area contributed by atoms with Crippen LogP contribution in [0.2, 0.25) is 0 Å². The second-order valence-corrected chi connectivity index (χ2v) is 7.52. The lowest BCUT2D eigenvalue weighted by atomic mass is 10.00. The largest absolute Gasteiger partial charge is 0.358 e. The Morgan fingerprint density at radius 1 is 0.840 bits per heavy atom. The predicted octanol–water partition coefficient (Wildman–Crippen LogP) is 4.81. The molecule has 25 heavy (non-hydrogen) atoms. The van der Waals surface area contributed by atoms with Gasteiger partial charge in [-0.3, -0.25) is 0 Å². The lowest BCUT2D eigenvalue weighted by molar-refractivity contribution is 0.168. The van der Waals surface area contributed by atoms with Gasteiger partial charge in [-0.2, -0.15) is 5.26 Å². The first-order valence-corrected chi connectivity index (χ1v) is 9.83. The van der Waals surface area contributed by atoms with Crippen molar-refractivity contribution in [3.05, 3.63) is 46.8 Å². The molecule has 0 N–H and O–H groups in total. The van der Waals surface area contributed by atoms with E-state index in [0.29, 0.717) is 10.6 Å². The van der Waals surface area contributed by atoms with Gasteiger partial charge in [0.05, 0.1) is 10.6 Å². The van der Waals surface area contributed by atoms with Crippen molar-refractivity contribution in [2.75, 3.05) is 26.2 Å². The number of nitriles is 1. The molecular weight excluding hydrogens is 330 g/mol. The number of fused-ring (bicyclic) bond motifs is 1. The topological polar surface area (TPSA) is 30.3 Å². The smallest absolute Gasteiger partial charge is 0.113 e. The third kappa shape index (κ3) is 2.93. The highest BCUT2D eigenvalue weighted by Crippen LogP contribution is 2.46. The first-order chi connectivity index (χ1) is 12.3. The SMILES string of the molecule is N#CC1=C(Cl)c2ccccc2C1=C(N1CCCCC1)N1CCCCC1. The Morgan fingerprint density at radius 3 is 1.88 bits per heavy atom. The molecule has 2 heterocycles. The van der Waals surface area contributed by atoms with Crippen molar-refractivity contribution in [1.29, 1.82) is 5.26 Å². The fourth-order valence-electron chi connectivity index (χ4n) is 4.34. The molecule has 4 heteroatoms. The molecule has 1 aromatic rings. The van der Waals surface area contributed by atoms with Crippen molar-refractivity contribution in [2.45, 2.75) is 38.5 Å². The Balaban J connectivity index is 1.90. The van der Waals surface area contributed by atoms with Gasteiger partial charge in [0.15, 0.2) is 0 Å². The number of hydrogen-bond acceptors (Lipinski definition) is 3. The number of nitrogens with zero attached hydrogens (tertiary/aromatic N) is 3. The Labute approximate surface area is 155 Å². The summed E-state index contributed by atoms with van der Waals surface area (Å²) in [5.41, 5.74) is 3.83. The maximum atomic E-state index is 9.86. The van der Waals surface area contributed by atoms with Crippen LogP contribution in [0.15, 0.2) is 35.7 Å². The summed E-state index contributed by atoms with van der Waals surface area (Å²) in [5.74, 6) is 1.25. The average Bonchev–Trinajstić information content (AvgIpc) is 2.96. The van der Waals surface area contributed by atoms with Gasteiger partial charge in [0, 0.05) is 37.3 Å². The molecule has 2 aliphatic heterocycles. The summed E-state index contributed by atoms with van der Waals surface area (Å²) in [7, 11) is 0. The minimum atomic E-state index is 0.611. The normalized spacial score (nSPS) is 20.6. The van der Waals surface area contributed by atoms with Gasteiger partial charge in [0.2, 0.25) is 0 Å². The van der Waals surface area contributed by atoms with Gasteiger partial charge in [-0.1, -0.05) is 35.9 Å². The van der Waals surface area contributed by atoms with Crippen LogP contribution in [0.5, 0.6) is 0 Å². The molecule has 130 valence electrons. The number of likely N-dealkylation sites (tertiary alicyclic amines) is 2. The zero-order valence-electron chi connectivity index (χ0n) is 14.6. The van der Waals surface area contributed by atoms with Crippen LogP contribution in [0.25, 0.3) is 10.6 Å². The highest BCUT2D eigenvalue weighted by molar-refractivity contribution is 6.52. The van der Waals surface area contributed by atoms with Crippen molar-refractivity contribution in [3.63, 3.8) is 0 Å². The zero-order valence-corrected chi connectivity index (χ0v) is 15.4. The van der Waals surface area contributed by atoms with Gasteiger partial charge in [-0.05, 0) is 44.1 Å². The lowest BCUT2D eigenvalue weighted by Gasteiger charge is -2.41. The minimum Gasteiger partial charge on any atom is -0.358 e. The van der Waals surface area contributed by atoms with E-state index in [1.54, 1.807) is 0 Å². The van der Waals surface area contributed by atoms with E-state index in [4.69, 9.17) is 11.6 Å². The molecule has 2 saturated heterocycles. The average molecular weight is 354 g/mol. The third-order valence-corrected chi connectivity index (χ3v) is 5.94. The van der Waals surface area contributed by atoms with E-state index in [9.17, 15) is 5.26 Å². The van der Waals surface area contributed by atoms with Gasteiger partial charge in [-0.15, -0.1) is 0 Å². The molecule has 3 nitrogen and oxygen atoms in total. The molecule has 0 atom stereocenters. The van der Waals surface area contributed by atoms with Crippen LogP contribution in [0.1, 0.15) is 49.7 Å². The van der Waals surface area contributed by atoms with Crippen molar-refractivity contribution >= 4 is 22.2 Å². The van der Waals surface area contributed by atoms with Crippen molar-refractivity contribution in [1.82, 2.24) is 9.80 Å². The molecule has 0 radical (unpaired) electrons. The Morgan fingerprint density at radius 2 is 1.36 bits per heavy atom. The monoisotopic (exact) mass is 353 g/mol. The molecule has 0 aromatic heterocycles. The summed E-state index contributed by atoms with van der Waals surface area (Å²) in [6.45, 7) is 4.31. The van der Waals surface area contributed by atoms with Gasteiger partial charge >= 0.3 is 0 Å². The van der Waals surface area contributed by atoms with Gasteiger partial charge in [0.25, 0.3) is 0 Å². The number of halogens is 1. The summed E-state index contributed by atoms with van der Waals surface area (Å²) in [6.07, 6.45) is 7.52. The first kappa shape index (κ1) is 16.5. The number of allylic oxidation sites excluding steroid dienone is 2. The molecule has 1 aliphatic carbocycles. The summed E-state index contributed by atoms with van der Waals surface area (Å²) >= 11 is 6.61. The number of rotatable bonds is 2. The van der Waals surface area contributed by atoms with Crippen molar-refractivity contribution in [3.8, 4) is 6.07 Å². The third-order valence-electron chi connectivity index (χ3n) is 5.55. The Kier molecular flexibility index (Phi) is 4.72. The van der Waals surface area contributed by atoms with E-state index in [1.165, 1.54) is 44.3 Å². The fraction of sp³-hybridized carbons (Fsp3) is 0.476. The standard InChI is InChI=1S/C21H24ClN3/c22-20-17-10-4-3-9-16(17)19(18(20)15-23)21(24-11-5-1-6-12-24)25-13-7-2-8-14-25/h3-4,9-10H,1-2,5-8,11-14H2. The Bertz CT molecular complexity index is 740. The zero-order chi connectivity index (χ0) is 17.2. The number of hydrogen-bond donors (Lipinski definition) is 0. The summed E-state index contributed by atoms with van der Waals surface area (Å²) in [4.78, 5) is 5.02. The molecule has 0 unspecified atom stereocenters. The van der Waals surface area contributed by atoms with E-state index in [0.717, 1.165) is 42.9 Å². The van der Waals surface area contributed by atoms with Crippen LogP contribution in [0, 0.1) is 11.3 Å². The van der Waals surface area contributed by atoms with Crippen LogP contribution in [0.3, 0.4) is 0 Å². The van der Waals surface area contributed by atoms with E-state index in [1.807, 2.05) is 18.2 Å². The Hall–Kier alpha value is -1.92. The molecule has 0 saturated carbocycles. The van der Waals surface area contributed by atoms with Crippen LogP contribution in [-0.2, 0) is 0 Å². The van der Waals surface area contributed by atoms with E-state index in [2.05, 4.69) is 21.9 Å². The number of piperidine rings is 2. The number of benzene rings is 1. The molecule has 4 rings (SSSR count). The van der Waals surface area contributed by atoms with Crippen LogP contribution >= 0.6 is 11.6 Å². The van der Waals surface area contributed by atoms with Crippen LogP contribution < -0.4 is 0 Å². The maximum Gasteiger partial charge on any atom is 0.113 e. The molecule has 2 fully saturated rings. The van der Waals surface area contributed by atoms with Gasteiger partial charge in [0.1, 0.15) is 11.9 Å². The molecular formula is C21H24ClN3. The minimum absolute atomic E-state index is 0.611. The van der Waals surface area contributed by atoms with Crippen LogP contribution in [-0.4, -0.2) is 36.0 Å². The molecule has 0 bridgehead atoms. The molecule has 1 aromatic carbocycles. The highest BCUT2D eigenvalue weighted by Gasteiger charge is 2.33. The predicted molar refractivity (Wildman–Crippen MR) is 103 cm³/mol. The summed E-state index contributed by atoms with van der Waals surface area (Å²) < 4.78 is 0. The highest BCUT2D eigenvalue weighted by atomic mass is 35.5. The van der Waals surface area contributed by atoms with E-state index >= 15 is 0 Å². The maximum absolute atomic E-state index is 9.86. The second-order valence-electron chi connectivity index (χ2n) is 7.14. The molecule has 0 spiro atoms. The van der Waals surface area contributed by atoms with Gasteiger partial charge < -0.3 is 9.80 Å². The summed E-state index contributed by atoms with van der Waals surface area (Å²) in [5, 5.41) is 10.5. The summed E-state index contributed by atoms with van der Waals surface area (Å²) in [6, 6.07) is 10.6. The second kappa shape index (κ2) is 7.14.